The fourth-order valence-corrected chi connectivity index (χ4v) is 3.15. The average Bonchev–Trinajstić information content (AvgIpc) is 2.64. The van der Waals surface area contributed by atoms with Gasteiger partial charge in [-0.15, -0.1) is 6.58 Å². The first kappa shape index (κ1) is 18.9. The third-order valence-electron chi connectivity index (χ3n) is 3.58. The molecule has 0 saturated carbocycles. The second kappa shape index (κ2) is 9.74. The molecule has 1 atom stereocenters. The van der Waals surface area contributed by atoms with E-state index in [4.69, 9.17) is 9.47 Å². The number of thioether (sulfide) groups is 1. The molecule has 0 heterocycles. The zero-order valence-corrected chi connectivity index (χ0v) is 15.3. The fraction of sp³-hybridized carbons (Fsp3) is 0.190. The van der Waals surface area contributed by atoms with Crippen LogP contribution < -0.4 is 4.74 Å². The molecule has 0 fully saturated rings. The minimum atomic E-state index is -0.327. The highest BCUT2D eigenvalue weighted by Gasteiger charge is 2.18. The molecule has 2 aromatic rings. The number of rotatable bonds is 8. The fourth-order valence-electron chi connectivity index (χ4n) is 2.39. The van der Waals surface area contributed by atoms with Gasteiger partial charge in [0.1, 0.15) is 11.5 Å². The first-order valence-electron chi connectivity index (χ1n) is 7.99. The standard InChI is InChI=1S/C21H22O3S/c1-4-8-20(17-9-6-5-7-10-17)21(24-16(2)22)15-25-19-13-11-18(23-3)12-14-19/h4-7,9-15,20H,1,8H2,2-3H3/b21-15-. The van der Waals surface area contributed by atoms with Crippen LogP contribution in [0, 0.1) is 0 Å². The van der Waals surface area contributed by atoms with Crippen molar-refractivity contribution >= 4 is 17.7 Å². The van der Waals surface area contributed by atoms with Crippen LogP contribution in [0.3, 0.4) is 0 Å². The average molecular weight is 354 g/mol. The first-order chi connectivity index (χ1) is 12.1. The van der Waals surface area contributed by atoms with Crippen LogP contribution in [-0.2, 0) is 9.53 Å². The third-order valence-corrected chi connectivity index (χ3v) is 4.47. The van der Waals surface area contributed by atoms with Crippen LogP contribution in [0.5, 0.6) is 5.75 Å². The first-order valence-corrected chi connectivity index (χ1v) is 8.87. The van der Waals surface area contributed by atoms with Gasteiger partial charge in [0.15, 0.2) is 0 Å². The van der Waals surface area contributed by atoms with Crippen LogP contribution >= 0.6 is 11.8 Å². The minimum Gasteiger partial charge on any atom is -0.497 e. The van der Waals surface area contributed by atoms with Gasteiger partial charge < -0.3 is 9.47 Å². The molecule has 0 amide bonds. The Balaban J connectivity index is 2.28. The van der Waals surface area contributed by atoms with Crippen molar-refractivity contribution in [2.45, 2.75) is 24.2 Å². The summed E-state index contributed by atoms with van der Waals surface area (Å²) in [4.78, 5) is 12.6. The Labute approximate surface area is 153 Å². The molecule has 0 aromatic heterocycles. The zero-order valence-electron chi connectivity index (χ0n) is 14.5. The number of benzene rings is 2. The van der Waals surface area contributed by atoms with Gasteiger partial charge in [0.05, 0.1) is 7.11 Å². The Morgan fingerprint density at radius 1 is 1.16 bits per heavy atom. The van der Waals surface area contributed by atoms with E-state index in [-0.39, 0.29) is 11.9 Å². The van der Waals surface area contributed by atoms with Crippen molar-refractivity contribution in [2.24, 2.45) is 0 Å². The third kappa shape index (κ3) is 5.84. The molecule has 4 heteroatoms. The predicted molar refractivity (Wildman–Crippen MR) is 103 cm³/mol. The number of hydrogen-bond acceptors (Lipinski definition) is 4. The minimum absolute atomic E-state index is 0.0478. The van der Waals surface area contributed by atoms with E-state index in [1.54, 1.807) is 7.11 Å². The van der Waals surface area contributed by atoms with Gasteiger partial charge in [-0.2, -0.15) is 0 Å². The number of carbonyl (C=O) groups is 1. The summed E-state index contributed by atoms with van der Waals surface area (Å²) < 4.78 is 10.7. The molecule has 0 spiro atoms. The lowest BCUT2D eigenvalue weighted by Gasteiger charge is -2.19. The largest absolute Gasteiger partial charge is 0.497 e. The molecule has 0 aliphatic heterocycles. The smallest absolute Gasteiger partial charge is 0.307 e. The second-order valence-corrected chi connectivity index (χ2v) is 6.34. The molecular weight excluding hydrogens is 332 g/mol. The van der Waals surface area contributed by atoms with Crippen molar-refractivity contribution < 1.29 is 14.3 Å². The lowest BCUT2D eigenvalue weighted by atomic mass is 9.94. The predicted octanol–water partition coefficient (Wildman–Crippen LogP) is 5.55. The molecular formula is C21H22O3S. The van der Waals surface area contributed by atoms with Gasteiger partial charge in [0.25, 0.3) is 0 Å². The molecule has 0 saturated heterocycles. The molecule has 2 aromatic carbocycles. The lowest BCUT2D eigenvalue weighted by molar-refractivity contribution is -0.137. The van der Waals surface area contributed by atoms with E-state index in [0.717, 1.165) is 16.2 Å². The lowest BCUT2D eigenvalue weighted by Crippen LogP contribution is -2.08. The SMILES string of the molecule is C=CCC(/C(=C/Sc1ccc(OC)cc1)OC(C)=O)c1ccccc1. The van der Waals surface area contributed by atoms with Crippen molar-refractivity contribution in [1.82, 2.24) is 0 Å². The van der Waals surface area contributed by atoms with Crippen molar-refractivity contribution in [3.63, 3.8) is 0 Å². The van der Waals surface area contributed by atoms with E-state index in [2.05, 4.69) is 6.58 Å². The van der Waals surface area contributed by atoms with E-state index in [9.17, 15) is 4.79 Å². The van der Waals surface area contributed by atoms with Crippen LogP contribution in [0.15, 0.2) is 83.3 Å². The Morgan fingerprint density at radius 2 is 1.84 bits per heavy atom. The van der Waals surface area contributed by atoms with Crippen molar-refractivity contribution in [2.75, 3.05) is 7.11 Å². The number of allylic oxidation sites excluding steroid dienone is 2. The summed E-state index contributed by atoms with van der Waals surface area (Å²) in [6.07, 6.45) is 2.53. The monoisotopic (exact) mass is 354 g/mol. The summed E-state index contributed by atoms with van der Waals surface area (Å²) in [6, 6.07) is 17.7. The highest BCUT2D eigenvalue weighted by molar-refractivity contribution is 8.02. The molecule has 1 unspecified atom stereocenters. The Morgan fingerprint density at radius 3 is 2.40 bits per heavy atom. The Hall–Kier alpha value is -2.46. The molecule has 2 rings (SSSR count). The highest BCUT2D eigenvalue weighted by atomic mass is 32.2. The van der Waals surface area contributed by atoms with Crippen molar-refractivity contribution in [3.05, 3.63) is 84.0 Å². The van der Waals surface area contributed by atoms with Crippen LogP contribution in [0.1, 0.15) is 24.8 Å². The van der Waals surface area contributed by atoms with Gasteiger partial charge in [-0.3, -0.25) is 4.79 Å². The van der Waals surface area contributed by atoms with Gasteiger partial charge in [-0.25, -0.2) is 0 Å². The molecule has 130 valence electrons. The number of esters is 1. The van der Waals surface area contributed by atoms with Crippen molar-refractivity contribution in [1.29, 1.82) is 0 Å². The quantitative estimate of drug-likeness (QED) is 0.269. The maximum absolute atomic E-state index is 11.6. The van der Waals surface area contributed by atoms with E-state index >= 15 is 0 Å². The zero-order chi connectivity index (χ0) is 18.1. The van der Waals surface area contributed by atoms with E-state index in [1.165, 1.54) is 18.7 Å². The van der Waals surface area contributed by atoms with E-state index < -0.39 is 0 Å². The number of carbonyl (C=O) groups excluding carboxylic acids is 1. The maximum atomic E-state index is 11.6. The van der Waals surface area contributed by atoms with Crippen LogP contribution in [0.2, 0.25) is 0 Å². The van der Waals surface area contributed by atoms with Crippen LogP contribution in [-0.4, -0.2) is 13.1 Å². The van der Waals surface area contributed by atoms with Crippen LogP contribution in [0.25, 0.3) is 0 Å². The van der Waals surface area contributed by atoms with E-state index in [0.29, 0.717) is 12.2 Å². The summed E-state index contributed by atoms with van der Waals surface area (Å²) >= 11 is 1.51. The van der Waals surface area contributed by atoms with Gasteiger partial charge in [0, 0.05) is 23.1 Å². The number of ether oxygens (including phenoxy) is 2. The molecule has 0 aliphatic carbocycles. The highest BCUT2D eigenvalue weighted by Crippen LogP contribution is 2.33. The molecule has 25 heavy (non-hydrogen) atoms. The molecule has 0 N–H and O–H groups in total. The second-order valence-electron chi connectivity index (χ2n) is 5.39. The molecule has 0 aliphatic rings. The summed E-state index contributed by atoms with van der Waals surface area (Å²) in [7, 11) is 1.64. The summed E-state index contributed by atoms with van der Waals surface area (Å²) in [6.45, 7) is 5.26. The topological polar surface area (TPSA) is 35.5 Å². The normalized spacial score (nSPS) is 12.3. The maximum Gasteiger partial charge on any atom is 0.307 e. The van der Waals surface area contributed by atoms with E-state index in [1.807, 2.05) is 66.1 Å². The number of hydrogen-bond donors (Lipinski definition) is 0. The number of methoxy groups -OCH3 is 1. The molecule has 0 radical (unpaired) electrons. The van der Waals surface area contributed by atoms with Gasteiger partial charge in [-0.1, -0.05) is 48.2 Å². The molecule has 3 nitrogen and oxygen atoms in total. The summed E-state index contributed by atoms with van der Waals surface area (Å²) in [5.74, 6) is 1.06. The Bertz CT molecular complexity index is 721. The summed E-state index contributed by atoms with van der Waals surface area (Å²) in [5, 5.41) is 1.89. The Kier molecular flexibility index (Phi) is 7.36. The molecule has 0 bridgehead atoms. The van der Waals surface area contributed by atoms with Gasteiger partial charge in [-0.05, 0) is 36.2 Å². The summed E-state index contributed by atoms with van der Waals surface area (Å²) in [5.41, 5.74) is 1.09. The van der Waals surface area contributed by atoms with Crippen LogP contribution in [0.4, 0.5) is 0 Å². The van der Waals surface area contributed by atoms with Crippen molar-refractivity contribution in [3.8, 4) is 5.75 Å². The van der Waals surface area contributed by atoms with Gasteiger partial charge >= 0.3 is 5.97 Å². The van der Waals surface area contributed by atoms with Gasteiger partial charge in [0.2, 0.25) is 0 Å².